The molecule has 1 aromatic rings. The van der Waals surface area contributed by atoms with Gasteiger partial charge in [0, 0.05) is 0 Å². The molecular formula is C7H11N3O2. The Morgan fingerprint density at radius 2 is 2.50 bits per heavy atom. The lowest BCUT2D eigenvalue weighted by molar-refractivity contribution is -0.671. The van der Waals surface area contributed by atoms with E-state index in [0.29, 0.717) is 0 Å². The van der Waals surface area contributed by atoms with Crippen molar-refractivity contribution in [1.29, 1.82) is 0 Å². The van der Waals surface area contributed by atoms with Gasteiger partial charge in [0.25, 0.3) is 0 Å². The molecule has 0 amide bonds. The van der Waals surface area contributed by atoms with E-state index in [4.69, 9.17) is 5.73 Å². The molecular weight excluding hydrogens is 158 g/mol. The predicted octanol–water partition coefficient (Wildman–Crippen LogP) is -2.61. The highest BCUT2D eigenvalue weighted by molar-refractivity contribution is 5.70. The third kappa shape index (κ3) is 2.06. The zero-order valence-electron chi connectivity index (χ0n) is 6.80. The number of carboxylic acids is 1. The van der Waals surface area contributed by atoms with Crippen LogP contribution < -0.4 is 15.4 Å². The van der Waals surface area contributed by atoms with E-state index in [1.54, 1.807) is 17.1 Å². The fourth-order valence-corrected chi connectivity index (χ4v) is 0.911. The lowest BCUT2D eigenvalue weighted by Gasteiger charge is -2.08. The molecule has 0 spiro atoms. The maximum Gasteiger partial charge on any atom is 0.243 e. The van der Waals surface area contributed by atoms with E-state index in [-0.39, 0.29) is 6.54 Å². The van der Waals surface area contributed by atoms with Gasteiger partial charge in [-0.3, -0.25) is 0 Å². The number of carbonyl (C=O) groups excluding carboxylic acids is 1. The number of carboxylic acid groups (broad SMARTS) is 1. The van der Waals surface area contributed by atoms with E-state index in [0.717, 1.165) is 0 Å². The molecule has 2 N–H and O–H groups in total. The number of aryl methyl sites for hydroxylation is 1. The van der Waals surface area contributed by atoms with Gasteiger partial charge in [-0.25, -0.2) is 9.13 Å². The van der Waals surface area contributed by atoms with Crippen LogP contribution >= 0.6 is 0 Å². The zero-order valence-corrected chi connectivity index (χ0v) is 6.80. The minimum Gasteiger partial charge on any atom is -0.548 e. The van der Waals surface area contributed by atoms with Gasteiger partial charge >= 0.3 is 0 Å². The van der Waals surface area contributed by atoms with Crippen LogP contribution in [-0.2, 0) is 18.4 Å². The van der Waals surface area contributed by atoms with E-state index >= 15 is 0 Å². The van der Waals surface area contributed by atoms with Gasteiger partial charge in [0.2, 0.25) is 6.33 Å². The standard InChI is InChI=1S/C7H11N3O2/c1-9-2-3-10(5-9)4-6(8)7(11)12/h2-3,5-6H,4,8H2,1H3/t6-/m0/s1. The molecule has 66 valence electrons. The summed E-state index contributed by atoms with van der Waals surface area (Å²) >= 11 is 0. The van der Waals surface area contributed by atoms with E-state index < -0.39 is 12.0 Å². The second-order valence-electron chi connectivity index (χ2n) is 2.70. The van der Waals surface area contributed by atoms with E-state index in [1.807, 2.05) is 17.8 Å². The molecule has 0 aliphatic carbocycles. The highest BCUT2D eigenvalue weighted by Crippen LogP contribution is 1.86. The number of hydrogen-bond donors (Lipinski definition) is 1. The monoisotopic (exact) mass is 169 g/mol. The van der Waals surface area contributed by atoms with Gasteiger partial charge < -0.3 is 15.6 Å². The smallest absolute Gasteiger partial charge is 0.243 e. The van der Waals surface area contributed by atoms with Crippen molar-refractivity contribution in [2.45, 2.75) is 12.6 Å². The summed E-state index contributed by atoms with van der Waals surface area (Å²) in [5.41, 5.74) is 5.27. The van der Waals surface area contributed by atoms with E-state index in [9.17, 15) is 9.90 Å². The molecule has 5 heteroatoms. The molecule has 1 heterocycles. The molecule has 0 saturated carbocycles. The number of hydrogen-bond acceptors (Lipinski definition) is 3. The number of nitrogens with two attached hydrogens (primary N) is 1. The lowest BCUT2D eigenvalue weighted by atomic mass is 10.3. The SMILES string of the molecule is C[n+]1ccn(C[C@H](N)C(=O)[O-])c1. The molecule has 0 unspecified atom stereocenters. The van der Waals surface area contributed by atoms with Crippen molar-refractivity contribution in [3.8, 4) is 0 Å². The molecule has 0 aromatic carbocycles. The summed E-state index contributed by atoms with van der Waals surface area (Å²) in [5.74, 6) is -1.23. The first-order chi connectivity index (χ1) is 5.59. The number of aliphatic carboxylic acids is 1. The van der Waals surface area contributed by atoms with Crippen LogP contribution in [0, 0.1) is 0 Å². The number of imidazole rings is 1. The molecule has 1 aromatic heterocycles. The third-order valence-corrected chi connectivity index (χ3v) is 1.53. The number of carbonyl (C=O) groups is 1. The summed E-state index contributed by atoms with van der Waals surface area (Å²) < 4.78 is 3.50. The summed E-state index contributed by atoms with van der Waals surface area (Å²) in [6.07, 6.45) is 5.31. The molecule has 1 rings (SSSR count). The average molecular weight is 169 g/mol. The maximum atomic E-state index is 10.3. The van der Waals surface area contributed by atoms with Crippen molar-refractivity contribution in [2.75, 3.05) is 0 Å². The highest BCUT2D eigenvalue weighted by atomic mass is 16.4. The van der Waals surface area contributed by atoms with E-state index in [2.05, 4.69) is 0 Å². The van der Waals surface area contributed by atoms with Crippen LogP contribution in [0.25, 0.3) is 0 Å². The van der Waals surface area contributed by atoms with Crippen molar-refractivity contribution in [1.82, 2.24) is 4.57 Å². The Balaban J connectivity index is 2.58. The Morgan fingerprint density at radius 1 is 1.83 bits per heavy atom. The molecule has 5 nitrogen and oxygen atoms in total. The Morgan fingerprint density at radius 3 is 2.92 bits per heavy atom. The minimum absolute atomic E-state index is 0.239. The Bertz CT molecular complexity index is 282. The molecule has 0 radical (unpaired) electrons. The average Bonchev–Trinajstić information content (AvgIpc) is 2.35. The van der Waals surface area contributed by atoms with Crippen LogP contribution in [0.1, 0.15) is 0 Å². The summed E-state index contributed by atoms with van der Waals surface area (Å²) in [4.78, 5) is 10.3. The van der Waals surface area contributed by atoms with Gasteiger partial charge in [-0.05, 0) is 0 Å². The van der Waals surface area contributed by atoms with Crippen molar-refractivity contribution >= 4 is 5.97 Å². The fraction of sp³-hybridized carbons (Fsp3) is 0.429. The minimum atomic E-state index is -1.23. The second kappa shape index (κ2) is 3.36. The third-order valence-electron chi connectivity index (χ3n) is 1.53. The van der Waals surface area contributed by atoms with Crippen LogP contribution in [-0.4, -0.2) is 16.6 Å². The summed E-state index contributed by atoms with van der Waals surface area (Å²) in [6, 6.07) is -0.947. The van der Waals surface area contributed by atoms with Crippen molar-refractivity contribution in [3.05, 3.63) is 18.7 Å². The van der Waals surface area contributed by atoms with Crippen molar-refractivity contribution < 1.29 is 14.5 Å². The van der Waals surface area contributed by atoms with Crippen LogP contribution in [0.5, 0.6) is 0 Å². The van der Waals surface area contributed by atoms with Gasteiger partial charge in [-0.2, -0.15) is 0 Å². The zero-order chi connectivity index (χ0) is 9.14. The number of aromatic nitrogens is 2. The van der Waals surface area contributed by atoms with E-state index in [1.165, 1.54) is 0 Å². The van der Waals surface area contributed by atoms with Crippen molar-refractivity contribution in [2.24, 2.45) is 12.8 Å². The van der Waals surface area contributed by atoms with Crippen molar-refractivity contribution in [3.63, 3.8) is 0 Å². The fourth-order valence-electron chi connectivity index (χ4n) is 0.911. The summed E-state index contributed by atoms with van der Waals surface area (Å²) in [5, 5.41) is 10.3. The second-order valence-corrected chi connectivity index (χ2v) is 2.70. The van der Waals surface area contributed by atoms with Crippen LogP contribution in [0.3, 0.4) is 0 Å². The molecule has 0 saturated heterocycles. The molecule has 12 heavy (non-hydrogen) atoms. The highest BCUT2D eigenvalue weighted by Gasteiger charge is 2.08. The normalized spacial score (nSPS) is 12.8. The van der Waals surface area contributed by atoms with Crippen LogP contribution in [0.4, 0.5) is 0 Å². The Hall–Kier alpha value is -1.36. The van der Waals surface area contributed by atoms with Gasteiger partial charge in [0.05, 0.1) is 19.1 Å². The topological polar surface area (TPSA) is 75.0 Å². The van der Waals surface area contributed by atoms with Gasteiger partial charge in [-0.15, -0.1) is 0 Å². The summed E-state index contributed by atoms with van der Waals surface area (Å²) in [6.45, 7) is 0.239. The molecule has 0 aliphatic rings. The Kier molecular flexibility index (Phi) is 2.44. The van der Waals surface area contributed by atoms with Crippen LogP contribution in [0.15, 0.2) is 18.7 Å². The Labute approximate surface area is 70.0 Å². The molecule has 0 bridgehead atoms. The predicted molar refractivity (Wildman–Crippen MR) is 38.6 cm³/mol. The number of rotatable bonds is 3. The molecule has 0 aliphatic heterocycles. The molecule has 0 fully saturated rings. The first-order valence-electron chi connectivity index (χ1n) is 3.57. The molecule has 1 atom stereocenters. The first kappa shape index (κ1) is 8.73. The summed E-state index contributed by atoms with van der Waals surface area (Å²) in [7, 11) is 1.85. The number of nitrogens with zero attached hydrogens (tertiary/aromatic N) is 2. The van der Waals surface area contributed by atoms with Gasteiger partial charge in [0.1, 0.15) is 18.9 Å². The van der Waals surface area contributed by atoms with Gasteiger partial charge in [-0.1, -0.05) is 0 Å². The van der Waals surface area contributed by atoms with Gasteiger partial charge in [0.15, 0.2) is 0 Å². The first-order valence-corrected chi connectivity index (χ1v) is 3.57. The van der Waals surface area contributed by atoms with Crippen LogP contribution in [0.2, 0.25) is 0 Å². The quantitative estimate of drug-likeness (QED) is 0.504. The maximum absolute atomic E-state index is 10.3. The largest absolute Gasteiger partial charge is 0.548 e. The lowest BCUT2D eigenvalue weighted by Crippen LogP contribution is -2.44.